The highest BCUT2D eigenvalue weighted by atomic mass is 16.5. The van der Waals surface area contributed by atoms with Gasteiger partial charge in [0.05, 0.1) is 19.0 Å². The van der Waals surface area contributed by atoms with Crippen LogP contribution in [0.1, 0.15) is 12.8 Å². The van der Waals surface area contributed by atoms with Gasteiger partial charge in [-0.25, -0.2) is 4.98 Å². The van der Waals surface area contributed by atoms with Crippen LogP contribution in [0.4, 0.5) is 11.4 Å². The van der Waals surface area contributed by atoms with Gasteiger partial charge in [-0.1, -0.05) is 6.07 Å². The maximum absolute atomic E-state index is 12.5. The number of methoxy groups -OCH3 is 1. The second kappa shape index (κ2) is 9.02. The van der Waals surface area contributed by atoms with Crippen molar-refractivity contribution in [2.75, 3.05) is 50.1 Å². The number of benzene rings is 1. The molecular formula is C22H26N4O4. The topological polar surface area (TPSA) is 84.0 Å². The Kier molecular flexibility index (Phi) is 6.02. The van der Waals surface area contributed by atoms with Gasteiger partial charge >= 0.3 is 0 Å². The van der Waals surface area contributed by atoms with Crippen molar-refractivity contribution in [1.29, 1.82) is 0 Å². The Hall–Kier alpha value is -3.29. The SMILES string of the molecule is COc1cccc(N2CCN(C(=O)COc3ccc(NC(=O)C4CC4)cn3)CC2)c1. The molecule has 30 heavy (non-hydrogen) atoms. The number of pyridine rings is 1. The second-order valence-electron chi connectivity index (χ2n) is 7.51. The molecule has 4 rings (SSSR count). The van der Waals surface area contributed by atoms with E-state index in [1.54, 1.807) is 30.3 Å². The fourth-order valence-corrected chi connectivity index (χ4v) is 3.38. The molecule has 1 aliphatic heterocycles. The molecule has 1 aromatic heterocycles. The van der Waals surface area contributed by atoms with E-state index in [1.807, 2.05) is 24.3 Å². The highest BCUT2D eigenvalue weighted by Crippen LogP contribution is 2.30. The molecule has 2 aliphatic rings. The maximum atomic E-state index is 12.5. The van der Waals surface area contributed by atoms with Crippen molar-refractivity contribution in [3.63, 3.8) is 0 Å². The van der Waals surface area contributed by atoms with E-state index in [1.165, 1.54) is 0 Å². The monoisotopic (exact) mass is 410 g/mol. The highest BCUT2D eigenvalue weighted by molar-refractivity contribution is 5.93. The molecule has 0 atom stereocenters. The van der Waals surface area contributed by atoms with Gasteiger partial charge in [0, 0.05) is 49.9 Å². The van der Waals surface area contributed by atoms with Crippen molar-refractivity contribution in [2.45, 2.75) is 12.8 Å². The van der Waals surface area contributed by atoms with E-state index < -0.39 is 0 Å². The predicted octanol–water partition coefficient (Wildman–Crippen LogP) is 2.17. The number of nitrogens with zero attached hydrogens (tertiary/aromatic N) is 3. The van der Waals surface area contributed by atoms with Gasteiger partial charge in [-0.15, -0.1) is 0 Å². The Bertz CT molecular complexity index is 890. The molecule has 8 heteroatoms. The van der Waals surface area contributed by atoms with Crippen molar-refractivity contribution in [3.05, 3.63) is 42.6 Å². The third-order valence-corrected chi connectivity index (χ3v) is 5.35. The van der Waals surface area contributed by atoms with Crippen LogP contribution in [0, 0.1) is 5.92 Å². The molecular weight excluding hydrogens is 384 g/mol. The maximum Gasteiger partial charge on any atom is 0.260 e. The molecule has 2 aromatic rings. The van der Waals surface area contributed by atoms with E-state index in [4.69, 9.17) is 9.47 Å². The summed E-state index contributed by atoms with van der Waals surface area (Å²) in [6, 6.07) is 11.3. The van der Waals surface area contributed by atoms with Crippen molar-refractivity contribution in [1.82, 2.24) is 9.88 Å². The summed E-state index contributed by atoms with van der Waals surface area (Å²) in [5, 5.41) is 2.83. The number of ether oxygens (including phenoxy) is 2. The molecule has 158 valence electrons. The Morgan fingerprint density at radius 3 is 2.60 bits per heavy atom. The fourth-order valence-electron chi connectivity index (χ4n) is 3.38. The molecule has 2 fully saturated rings. The average Bonchev–Trinajstić information content (AvgIpc) is 3.64. The zero-order chi connectivity index (χ0) is 20.9. The molecule has 0 bridgehead atoms. The van der Waals surface area contributed by atoms with Gasteiger partial charge in [0.2, 0.25) is 11.8 Å². The third-order valence-electron chi connectivity index (χ3n) is 5.35. The summed E-state index contributed by atoms with van der Waals surface area (Å²) >= 11 is 0. The zero-order valence-corrected chi connectivity index (χ0v) is 17.0. The van der Waals surface area contributed by atoms with E-state index in [9.17, 15) is 9.59 Å². The second-order valence-corrected chi connectivity index (χ2v) is 7.51. The molecule has 1 N–H and O–H groups in total. The zero-order valence-electron chi connectivity index (χ0n) is 17.0. The molecule has 1 aliphatic carbocycles. The Labute approximate surface area is 175 Å². The van der Waals surface area contributed by atoms with Crippen LogP contribution in [0.2, 0.25) is 0 Å². The third kappa shape index (κ3) is 5.00. The van der Waals surface area contributed by atoms with Gasteiger partial charge in [-0.2, -0.15) is 0 Å². The lowest BCUT2D eigenvalue weighted by atomic mass is 10.2. The molecule has 8 nitrogen and oxygen atoms in total. The number of nitrogens with one attached hydrogen (secondary N) is 1. The van der Waals surface area contributed by atoms with Crippen molar-refractivity contribution in [3.8, 4) is 11.6 Å². The number of anilines is 2. The summed E-state index contributed by atoms with van der Waals surface area (Å²) in [5.74, 6) is 1.30. The average molecular weight is 410 g/mol. The van der Waals surface area contributed by atoms with Crippen LogP contribution in [-0.4, -0.2) is 61.6 Å². The van der Waals surface area contributed by atoms with Gasteiger partial charge in [-0.3, -0.25) is 9.59 Å². The van der Waals surface area contributed by atoms with Crippen LogP contribution in [0.3, 0.4) is 0 Å². The Morgan fingerprint density at radius 2 is 1.93 bits per heavy atom. The number of carbonyl (C=O) groups is 2. The number of rotatable bonds is 7. The smallest absolute Gasteiger partial charge is 0.260 e. The van der Waals surface area contributed by atoms with Crippen LogP contribution < -0.4 is 19.7 Å². The van der Waals surface area contributed by atoms with Gasteiger partial charge < -0.3 is 24.6 Å². The van der Waals surface area contributed by atoms with Crippen molar-refractivity contribution in [2.24, 2.45) is 5.92 Å². The largest absolute Gasteiger partial charge is 0.497 e. The summed E-state index contributed by atoms with van der Waals surface area (Å²) in [5.41, 5.74) is 1.73. The number of carbonyl (C=O) groups excluding carboxylic acids is 2. The first-order valence-electron chi connectivity index (χ1n) is 10.2. The minimum Gasteiger partial charge on any atom is -0.497 e. The highest BCUT2D eigenvalue weighted by Gasteiger charge is 2.29. The van der Waals surface area contributed by atoms with Crippen LogP contribution in [0.15, 0.2) is 42.6 Å². The number of aromatic nitrogens is 1. The van der Waals surface area contributed by atoms with Crippen molar-refractivity contribution < 1.29 is 19.1 Å². The van der Waals surface area contributed by atoms with E-state index >= 15 is 0 Å². The van der Waals surface area contributed by atoms with Gasteiger partial charge in [0.25, 0.3) is 5.91 Å². The molecule has 0 unspecified atom stereocenters. The molecule has 0 spiro atoms. The first kappa shape index (κ1) is 20.0. The summed E-state index contributed by atoms with van der Waals surface area (Å²) in [6.45, 7) is 2.73. The lowest BCUT2D eigenvalue weighted by Crippen LogP contribution is -2.50. The van der Waals surface area contributed by atoms with E-state index in [2.05, 4.69) is 15.2 Å². The summed E-state index contributed by atoms with van der Waals surface area (Å²) in [6.07, 6.45) is 3.46. The number of amides is 2. The number of piperazine rings is 1. The normalized spacial score (nSPS) is 16.2. The molecule has 1 aromatic carbocycles. The number of hydrogen-bond donors (Lipinski definition) is 1. The molecule has 2 heterocycles. The minimum absolute atomic E-state index is 0.0359. The fraction of sp³-hybridized carbons (Fsp3) is 0.409. The van der Waals surface area contributed by atoms with E-state index in [0.717, 1.165) is 37.4 Å². The Morgan fingerprint density at radius 1 is 1.13 bits per heavy atom. The summed E-state index contributed by atoms with van der Waals surface area (Å²) < 4.78 is 10.8. The van der Waals surface area contributed by atoms with E-state index in [-0.39, 0.29) is 24.3 Å². The molecule has 1 saturated carbocycles. The summed E-state index contributed by atoms with van der Waals surface area (Å²) in [4.78, 5) is 32.5. The quantitative estimate of drug-likeness (QED) is 0.753. The van der Waals surface area contributed by atoms with Gasteiger partial charge in [-0.05, 0) is 31.0 Å². The summed E-state index contributed by atoms with van der Waals surface area (Å²) in [7, 11) is 1.66. The van der Waals surface area contributed by atoms with Crippen LogP contribution in [0.5, 0.6) is 11.6 Å². The van der Waals surface area contributed by atoms with Gasteiger partial charge in [0.15, 0.2) is 6.61 Å². The van der Waals surface area contributed by atoms with Crippen molar-refractivity contribution >= 4 is 23.2 Å². The predicted molar refractivity (Wildman–Crippen MR) is 113 cm³/mol. The van der Waals surface area contributed by atoms with Crippen LogP contribution in [-0.2, 0) is 9.59 Å². The first-order valence-corrected chi connectivity index (χ1v) is 10.2. The number of hydrogen-bond acceptors (Lipinski definition) is 6. The Balaban J connectivity index is 1.22. The molecule has 0 radical (unpaired) electrons. The first-order chi connectivity index (χ1) is 14.6. The molecule has 1 saturated heterocycles. The van der Waals surface area contributed by atoms with Crippen LogP contribution >= 0.6 is 0 Å². The lowest BCUT2D eigenvalue weighted by molar-refractivity contribution is -0.133. The van der Waals surface area contributed by atoms with Gasteiger partial charge in [0.1, 0.15) is 5.75 Å². The lowest BCUT2D eigenvalue weighted by Gasteiger charge is -2.36. The van der Waals surface area contributed by atoms with E-state index in [0.29, 0.717) is 24.7 Å². The molecule has 2 amide bonds. The minimum atomic E-state index is -0.0618. The standard InChI is InChI=1S/C22H26N4O4/c1-29-19-4-2-3-18(13-19)25-9-11-26(12-10-25)21(27)15-30-20-8-7-17(14-23-20)24-22(28)16-5-6-16/h2-4,7-8,13-14,16H,5-6,9-12,15H2,1H3,(H,24,28). The van der Waals surface area contributed by atoms with Crippen LogP contribution in [0.25, 0.3) is 0 Å².